The van der Waals surface area contributed by atoms with Crippen LogP contribution in [0.15, 0.2) is 17.5 Å². The van der Waals surface area contributed by atoms with Crippen LogP contribution in [0.4, 0.5) is 0 Å². The van der Waals surface area contributed by atoms with Crippen molar-refractivity contribution in [3.8, 4) is 0 Å². The minimum atomic E-state index is 0.411. The molecule has 18 heavy (non-hydrogen) atoms. The number of rotatable bonds is 6. The normalized spacial score (nSPS) is 12.8. The Balaban J connectivity index is 2.09. The van der Waals surface area contributed by atoms with Gasteiger partial charge in [0, 0.05) is 33.3 Å². The van der Waals surface area contributed by atoms with Gasteiger partial charge in [0.15, 0.2) is 0 Å². The van der Waals surface area contributed by atoms with Gasteiger partial charge in [0.2, 0.25) is 0 Å². The highest BCUT2D eigenvalue weighted by Gasteiger charge is 2.15. The van der Waals surface area contributed by atoms with Crippen molar-refractivity contribution in [3.05, 3.63) is 38.0 Å². The molecule has 0 spiro atoms. The summed E-state index contributed by atoms with van der Waals surface area (Å²) in [5.74, 6) is 0. The van der Waals surface area contributed by atoms with Crippen molar-refractivity contribution >= 4 is 22.7 Å². The summed E-state index contributed by atoms with van der Waals surface area (Å²) >= 11 is 3.65. The molecule has 2 rings (SSSR count). The molecule has 0 aliphatic rings. The molecular formula is C14H20N2S2. The highest BCUT2D eigenvalue weighted by atomic mass is 32.1. The van der Waals surface area contributed by atoms with Crippen molar-refractivity contribution < 1.29 is 0 Å². The van der Waals surface area contributed by atoms with Crippen LogP contribution in [-0.4, -0.2) is 11.5 Å². The molecule has 0 radical (unpaired) electrons. The predicted octanol–water partition coefficient (Wildman–Crippen LogP) is 4.10. The van der Waals surface area contributed by atoms with E-state index in [-0.39, 0.29) is 0 Å². The van der Waals surface area contributed by atoms with E-state index >= 15 is 0 Å². The number of thiophene rings is 1. The molecule has 2 nitrogen and oxygen atoms in total. The Labute approximate surface area is 117 Å². The molecule has 0 amide bonds. The first kappa shape index (κ1) is 13.7. The fourth-order valence-electron chi connectivity index (χ4n) is 1.90. The number of nitrogens with one attached hydrogen (secondary N) is 1. The maximum Gasteiger partial charge on any atom is 0.0947 e. The highest BCUT2D eigenvalue weighted by Crippen LogP contribution is 2.26. The zero-order chi connectivity index (χ0) is 13.0. The summed E-state index contributed by atoms with van der Waals surface area (Å²) in [6.07, 6.45) is 2.16. The van der Waals surface area contributed by atoms with Crippen molar-refractivity contribution in [1.29, 1.82) is 0 Å². The molecule has 1 N–H and O–H groups in total. The van der Waals surface area contributed by atoms with Crippen LogP contribution in [0.1, 0.15) is 39.8 Å². The molecule has 0 saturated carbocycles. The van der Waals surface area contributed by atoms with E-state index < -0.39 is 0 Å². The van der Waals surface area contributed by atoms with Gasteiger partial charge in [-0.3, -0.25) is 0 Å². The van der Waals surface area contributed by atoms with Crippen LogP contribution >= 0.6 is 22.7 Å². The van der Waals surface area contributed by atoms with Crippen LogP contribution in [0.3, 0.4) is 0 Å². The first-order valence-electron chi connectivity index (χ1n) is 6.39. The number of aromatic nitrogens is 1. The molecular weight excluding hydrogens is 260 g/mol. The van der Waals surface area contributed by atoms with Gasteiger partial charge in [-0.15, -0.1) is 22.7 Å². The minimum absolute atomic E-state index is 0.411. The summed E-state index contributed by atoms with van der Waals surface area (Å²) in [5, 5.41) is 6.99. The SMILES string of the molecule is CCCNC(Cc1nc(C)cs1)c1ccc(C)s1. The van der Waals surface area contributed by atoms with E-state index in [0.717, 1.165) is 25.1 Å². The molecule has 0 aromatic carbocycles. The van der Waals surface area contributed by atoms with Gasteiger partial charge in [-0.1, -0.05) is 6.92 Å². The quantitative estimate of drug-likeness (QED) is 0.861. The zero-order valence-electron chi connectivity index (χ0n) is 11.2. The van der Waals surface area contributed by atoms with E-state index in [9.17, 15) is 0 Å². The van der Waals surface area contributed by atoms with Crippen LogP contribution in [0.25, 0.3) is 0 Å². The number of aryl methyl sites for hydroxylation is 2. The Kier molecular flexibility index (Phi) is 4.92. The molecule has 0 saturated heterocycles. The van der Waals surface area contributed by atoms with Gasteiger partial charge in [-0.05, 0) is 38.9 Å². The van der Waals surface area contributed by atoms with E-state index in [2.05, 4.69) is 48.6 Å². The Morgan fingerprint density at radius 1 is 1.33 bits per heavy atom. The number of nitrogens with zero attached hydrogens (tertiary/aromatic N) is 1. The van der Waals surface area contributed by atoms with Crippen LogP contribution in [0.5, 0.6) is 0 Å². The monoisotopic (exact) mass is 280 g/mol. The molecule has 0 fully saturated rings. The first-order valence-corrected chi connectivity index (χ1v) is 8.09. The molecule has 0 aliphatic carbocycles. The van der Waals surface area contributed by atoms with Crippen molar-refractivity contribution in [2.75, 3.05) is 6.54 Å². The summed E-state index contributed by atoms with van der Waals surface area (Å²) in [5.41, 5.74) is 1.13. The lowest BCUT2D eigenvalue weighted by Gasteiger charge is -2.15. The van der Waals surface area contributed by atoms with Gasteiger partial charge in [-0.25, -0.2) is 4.98 Å². The van der Waals surface area contributed by atoms with Gasteiger partial charge in [0.05, 0.1) is 5.01 Å². The lowest BCUT2D eigenvalue weighted by atomic mass is 10.1. The van der Waals surface area contributed by atoms with Gasteiger partial charge in [-0.2, -0.15) is 0 Å². The van der Waals surface area contributed by atoms with Gasteiger partial charge in [0.1, 0.15) is 0 Å². The zero-order valence-corrected chi connectivity index (χ0v) is 12.8. The average molecular weight is 280 g/mol. The summed E-state index contributed by atoms with van der Waals surface area (Å²) < 4.78 is 0. The molecule has 98 valence electrons. The number of thiazole rings is 1. The maximum absolute atomic E-state index is 4.57. The van der Waals surface area contributed by atoms with Gasteiger partial charge in [0.25, 0.3) is 0 Å². The smallest absolute Gasteiger partial charge is 0.0947 e. The third kappa shape index (κ3) is 3.64. The summed E-state index contributed by atoms with van der Waals surface area (Å²) in [6, 6.07) is 4.86. The molecule has 1 atom stereocenters. The van der Waals surface area contributed by atoms with Crippen LogP contribution in [-0.2, 0) is 6.42 Å². The highest BCUT2D eigenvalue weighted by molar-refractivity contribution is 7.12. The molecule has 1 unspecified atom stereocenters. The summed E-state index contributed by atoms with van der Waals surface area (Å²) in [6.45, 7) is 7.49. The molecule has 2 heterocycles. The molecule has 2 aromatic heterocycles. The second-order valence-electron chi connectivity index (χ2n) is 4.54. The topological polar surface area (TPSA) is 24.9 Å². The van der Waals surface area contributed by atoms with Crippen LogP contribution < -0.4 is 5.32 Å². The molecule has 4 heteroatoms. The largest absolute Gasteiger partial charge is 0.309 e. The molecule has 2 aromatic rings. The first-order chi connectivity index (χ1) is 8.69. The van der Waals surface area contributed by atoms with E-state index in [1.807, 2.05) is 11.3 Å². The molecule has 0 aliphatic heterocycles. The van der Waals surface area contributed by atoms with Crippen molar-refractivity contribution in [2.45, 2.75) is 39.7 Å². The van der Waals surface area contributed by atoms with E-state index in [1.54, 1.807) is 11.3 Å². The molecule has 0 bridgehead atoms. The lowest BCUT2D eigenvalue weighted by Crippen LogP contribution is -2.23. The Bertz CT molecular complexity index is 487. The van der Waals surface area contributed by atoms with Crippen molar-refractivity contribution in [1.82, 2.24) is 10.3 Å². The maximum atomic E-state index is 4.57. The Morgan fingerprint density at radius 3 is 2.72 bits per heavy atom. The Morgan fingerprint density at radius 2 is 2.17 bits per heavy atom. The van der Waals surface area contributed by atoms with Gasteiger partial charge >= 0.3 is 0 Å². The minimum Gasteiger partial charge on any atom is -0.309 e. The van der Waals surface area contributed by atoms with E-state index in [4.69, 9.17) is 0 Å². The van der Waals surface area contributed by atoms with E-state index in [0.29, 0.717) is 6.04 Å². The fourth-order valence-corrected chi connectivity index (χ4v) is 3.68. The second-order valence-corrected chi connectivity index (χ2v) is 6.80. The average Bonchev–Trinajstić information content (AvgIpc) is 2.93. The predicted molar refractivity (Wildman–Crippen MR) is 80.6 cm³/mol. The fraction of sp³-hybridized carbons (Fsp3) is 0.500. The standard InChI is InChI=1S/C14H20N2S2/c1-4-7-15-12(13-6-5-11(3)18-13)8-14-16-10(2)9-17-14/h5-6,9,12,15H,4,7-8H2,1-3H3. The second kappa shape index (κ2) is 6.45. The van der Waals surface area contributed by atoms with Crippen LogP contribution in [0, 0.1) is 13.8 Å². The Hall–Kier alpha value is -0.710. The van der Waals surface area contributed by atoms with Gasteiger partial charge < -0.3 is 5.32 Å². The van der Waals surface area contributed by atoms with E-state index in [1.165, 1.54) is 14.8 Å². The number of hydrogen-bond acceptors (Lipinski definition) is 4. The summed E-state index contributed by atoms with van der Waals surface area (Å²) in [7, 11) is 0. The summed E-state index contributed by atoms with van der Waals surface area (Å²) in [4.78, 5) is 7.38. The van der Waals surface area contributed by atoms with Crippen LogP contribution in [0.2, 0.25) is 0 Å². The lowest BCUT2D eigenvalue weighted by molar-refractivity contribution is 0.535. The third-order valence-electron chi connectivity index (χ3n) is 2.79. The van der Waals surface area contributed by atoms with Crippen molar-refractivity contribution in [3.63, 3.8) is 0 Å². The van der Waals surface area contributed by atoms with Crippen molar-refractivity contribution in [2.24, 2.45) is 0 Å². The number of hydrogen-bond donors (Lipinski definition) is 1. The third-order valence-corrected chi connectivity index (χ3v) is 4.89.